The Morgan fingerprint density at radius 2 is 1.90 bits per heavy atom. The lowest BCUT2D eigenvalue weighted by molar-refractivity contribution is -0.144. The highest BCUT2D eigenvalue weighted by Gasteiger charge is 2.17. The van der Waals surface area contributed by atoms with Crippen LogP contribution in [0.5, 0.6) is 0 Å². The first-order valence-electron chi connectivity index (χ1n) is 7.62. The predicted molar refractivity (Wildman–Crippen MR) is 82.9 cm³/mol. The molecule has 0 radical (unpaired) electrons. The fraction of sp³-hybridized carbons (Fsp3) is 0.444. The Bertz CT molecular complexity index is 540. The molecule has 0 amide bonds. The van der Waals surface area contributed by atoms with Crippen LogP contribution in [0, 0.1) is 0 Å². The Kier molecular flexibility index (Phi) is 5.32. The highest BCUT2D eigenvalue weighted by Crippen LogP contribution is 2.23. The summed E-state index contributed by atoms with van der Waals surface area (Å²) < 4.78 is 5.03. The van der Waals surface area contributed by atoms with E-state index >= 15 is 0 Å². The summed E-state index contributed by atoms with van der Waals surface area (Å²) in [6, 6.07) is 7.78. The third kappa shape index (κ3) is 4.03. The van der Waals surface area contributed by atoms with Gasteiger partial charge in [-0.15, -0.1) is 0 Å². The number of carbonyl (C=O) groups is 2. The van der Waals surface area contributed by atoms with Gasteiger partial charge in [-0.2, -0.15) is 0 Å². The largest absolute Gasteiger partial charge is 0.466 e. The van der Waals surface area contributed by atoms with Gasteiger partial charge < -0.3 is 4.74 Å². The smallest absolute Gasteiger partial charge is 0.313 e. The van der Waals surface area contributed by atoms with Gasteiger partial charge >= 0.3 is 5.97 Å². The molecular weight excluding hydrogens is 264 g/mol. The summed E-state index contributed by atoms with van der Waals surface area (Å²) in [7, 11) is 0. The standard InChI is InChI=1S/C18H22O3/c1-3-21-18(20)13(2)15-10-8-14(9-11-15)12-16-6-4-5-7-17(16)19/h8-13H,3-7H2,1-2H3. The van der Waals surface area contributed by atoms with Crippen molar-refractivity contribution in [2.24, 2.45) is 0 Å². The van der Waals surface area contributed by atoms with Crippen molar-refractivity contribution in [3.63, 3.8) is 0 Å². The van der Waals surface area contributed by atoms with Gasteiger partial charge in [0.2, 0.25) is 0 Å². The molecule has 0 N–H and O–H groups in total. The van der Waals surface area contributed by atoms with Crippen molar-refractivity contribution >= 4 is 17.8 Å². The van der Waals surface area contributed by atoms with Crippen LogP contribution >= 0.6 is 0 Å². The number of allylic oxidation sites excluding steroid dienone is 1. The van der Waals surface area contributed by atoms with Crippen LogP contribution in [-0.2, 0) is 14.3 Å². The predicted octanol–water partition coefficient (Wildman–Crippen LogP) is 3.88. The highest BCUT2D eigenvalue weighted by atomic mass is 16.5. The van der Waals surface area contributed by atoms with E-state index in [0.717, 1.165) is 36.0 Å². The van der Waals surface area contributed by atoms with Gasteiger partial charge in [0, 0.05) is 6.42 Å². The molecule has 1 aliphatic rings. The molecule has 21 heavy (non-hydrogen) atoms. The van der Waals surface area contributed by atoms with E-state index in [1.807, 2.05) is 37.3 Å². The maximum absolute atomic E-state index is 11.8. The molecule has 1 fully saturated rings. The van der Waals surface area contributed by atoms with Crippen LogP contribution in [0.15, 0.2) is 29.8 Å². The number of ether oxygens (including phenoxy) is 1. The van der Waals surface area contributed by atoms with Gasteiger partial charge in [-0.3, -0.25) is 9.59 Å². The average Bonchev–Trinajstić information content (AvgIpc) is 2.50. The minimum Gasteiger partial charge on any atom is -0.466 e. The van der Waals surface area contributed by atoms with Crippen LogP contribution < -0.4 is 0 Å². The summed E-state index contributed by atoms with van der Waals surface area (Å²) in [5.41, 5.74) is 2.87. The van der Waals surface area contributed by atoms with E-state index in [-0.39, 0.29) is 17.7 Å². The van der Waals surface area contributed by atoms with Gasteiger partial charge in [-0.1, -0.05) is 24.3 Å². The molecule has 1 aliphatic carbocycles. The number of ketones is 1. The number of carbonyl (C=O) groups excluding carboxylic acids is 2. The number of esters is 1. The number of rotatable bonds is 4. The second-order valence-electron chi connectivity index (χ2n) is 5.44. The topological polar surface area (TPSA) is 43.4 Å². The summed E-state index contributed by atoms with van der Waals surface area (Å²) in [5.74, 6) is -0.195. The van der Waals surface area contributed by atoms with E-state index in [4.69, 9.17) is 4.74 Å². The van der Waals surface area contributed by atoms with Crippen molar-refractivity contribution in [3.8, 4) is 0 Å². The lowest BCUT2D eigenvalue weighted by atomic mass is 9.91. The third-order valence-electron chi connectivity index (χ3n) is 3.88. The highest BCUT2D eigenvalue weighted by molar-refractivity contribution is 6.00. The zero-order valence-electron chi connectivity index (χ0n) is 12.7. The van der Waals surface area contributed by atoms with Crippen molar-refractivity contribution in [3.05, 3.63) is 41.0 Å². The van der Waals surface area contributed by atoms with E-state index in [1.165, 1.54) is 0 Å². The maximum atomic E-state index is 11.8. The van der Waals surface area contributed by atoms with E-state index < -0.39 is 0 Å². The molecule has 1 atom stereocenters. The van der Waals surface area contributed by atoms with Crippen molar-refractivity contribution < 1.29 is 14.3 Å². The second kappa shape index (κ2) is 7.21. The van der Waals surface area contributed by atoms with Crippen molar-refractivity contribution in [1.29, 1.82) is 0 Å². The molecule has 112 valence electrons. The summed E-state index contributed by atoms with van der Waals surface area (Å²) in [6.07, 6.45) is 5.62. The number of hydrogen-bond donors (Lipinski definition) is 0. The maximum Gasteiger partial charge on any atom is 0.313 e. The molecule has 1 aromatic carbocycles. The summed E-state index contributed by atoms with van der Waals surface area (Å²) in [6.45, 7) is 4.05. The van der Waals surface area contributed by atoms with E-state index in [9.17, 15) is 9.59 Å². The molecule has 0 spiro atoms. The van der Waals surface area contributed by atoms with Crippen LogP contribution in [0.3, 0.4) is 0 Å². The molecule has 1 aromatic rings. The lowest BCUT2D eigenvalue weighted by Crippen LogP contribution is -2.12. The van der Waals surface area contributed by atoms with Crippen LogP contribution in [0.25, 0.3) is 6.08 Å². The summed E-state index contributed by atoms with van der Waals surface area (Å²) in [4.78, 5) is 23.5. The van der Waals surface area contributed by atoms with Crippen LogP contribution in [-0.4, -0.2) is 18.4 Å². The second-order valence-corrected chi connectivity index (χ2v) is 5.44. The molecule has 1 unspecified atom stereocenters. The molecule has 3 heteroatoms. The van der Waals surface area contributed by atoms with Crippen molar-refractivity contribution in [2.45, 2.75) is 45.4 Å². The van der Waals surface area contributed by atoms with Crippen molar-refractivity contribution in [1.82, 2.24) is 0 Å². The minimum absolute atomic E-state index is 0.203. The Morgan fingerprint density at radius 3 is 2.52 bits per heavy atom. The molecule has 3 nitrogen and oxygen atoms in total. The monoisotopic (exact) mass is 286 g/mol. The van der Waals surface area contributed by atoms with Gasteiger partial charge in [0.25, 0.3) is 0 Å². The molecule has 0 aromatic heterocycles. The fourth-order valence-electron chi connectivity index (χ4n) is 2.54. The van der Waals surface area contributed by atoms with Gasteiger partial charge in [0.1, 0.15) is 0 Å². The molecule has 2 rings (SSSR count). The molecule has 0 heterocycles. The quantitative estimate of drug-likeness (QED) is 0.623. The normalized spacial score (nSPS) is 18.6. The van der Waals surface area contributed by atoms with Crippen LogP contribution in [0.1, 0.15) is 56.6 Å². The molecule has 0 saturated heterocycles. The van der Waals surface area contributed by atoms with Gasteiger partial charge in [-0.25, -0.2) is 0 Å². The fourth-order valence-corrected chi connectivity index (χ4v) is 2.54. The zero-order chi connectivity index (χ0) is 15.2. The number of Topliss-reactive ketones (excluding diaryl/α,β-unsaturated/α-hetero) is 1. The van der Waals surface area contributed by atoms with Gasteiger partial charge in [-0.05, 0) is 55.9 Å². The SMILES string of the molecule is CCOC(=O)C(C)c1ccc(C=C2CCCCC2=O)cc1. The first-order valence-corrected chi connectivity index (χ1v) is 7.62. The van der Waals surface area contributed by atoms with Crippen LogP contribution in [0.2, 0.25) is 0 Å². The molecular formula is C18H22O3. The van der Waals surface area contributed by atoms with Gasteiger partial charge in [0.05, 0.1) is 12.5 Å². The molecule has 1 saturated carbocycles. The van der Waals surface area contributed by atoms with Crippen molar-refractivity contribution in [2.75, 3.05) is 6.61 Å². The zero-order valence-corrected chi connectivity index (χ0v) is 12.7. The third-order valence-corrected chi connectivity index (χ3v) is 3.88. The Morgan fingerprint density at radius 1 is 1.24 bits per heavy atom. The molecule has 0 aliphatic heterocycles. The first-order chi connectivity index (χ1) is 10.1. The van der Waals surface area contributed by atoms with E-state index in [1.54, 1.807) is 6.92 Å². The Hall–Kier alpha value is -1.90. The average molecular weight is 286 g/mol. The Labute approximate surface area is 126 Å². The lowest BCUT2D eigenvalue weighted by Gasteiger charge is -2.13. The molecule has 0 bridgehead atoms. The summed E-state index contributed by atoms with van der Waals surface area (Å²) >= 11 is 0. The van der Waals surface area contributed by atoms with Gasteiger partial charge in [0.15, 0.2) is 5.78 Å². The van der Waals surface area contributed by atoms with E-state index in [2.05, 4.69) is 0 Å². The summed E-state index contributed by atoms with van der Waals surface area (Å²) in [5, 5.41) is 0. The minimum atomic E-state index is -0.261. The Balaban J connectivity index is 2.10. The van der Waals surface area contributed by atoms with E-state index in [0.29, 0.717) is 13.0 Å². The number of benzene rings is 1. The van der Waals surface area contributed by atoms with Crippen LogP contribution in [0.4, 0.5) is 0 Å². The first kappa shape index (κ1) is 15.5. The number of hydrogen-bond acceptors (Lipinski definition) is 3.